The third-order valence-corrected chi connectivity index (χ3v) is 5.46. The summed E-state index contributed by atoms with van der Waals surface area (Å²) in [6.07, 6.45) is -10.3. The molecular formula is C23H36F6O8. The molecular weight excluding hydrogens is 518 g/mol. The Morgan fingerprint density at radius 1 is 0.649 bits per heavy atom. The lowest BCUT2D eigenvalue weighted by Gasteiger charge is -2.31. The molecule has 2 unspecified atom stereocenters. The van der Waals surface area contributed by atoms with Crippen molar-refractivity contribution in [1.82, 2.24) is 0 Å². The van der Waals surface area contributed by atoms with E-state index in [1.54, 1.807) is 20.8 Å². The lowest BCUT2D eigenvalue weighted by molar-refractivity contribution is -0.195. The van der Waals surface area contributed by atoms with E-state index >= 15 is 0 Å². The molecule has 1 fully saturated rings. The highest BCUT2D eigenvalue weighted by atomic mass is 19.4. The van der Waals surface area contributed by atoms with Crippen molar-refractivity contribution in [3.05, 3.63) is 0 Å². The van der Waals surface area contributed by atoms with Gasteiger partial charge >= 0.3 is 36.2 Å². The highest BCUT2D eigenvalue weighted by Crippen LogP contribution is 2.36. The van der Waals surface area contributed by atoms with Crippen molar-refractivity contribution in [2.24, 2.45) is 23.2 Å². The van der Waals surface area contributed by atoms with E-state index in [2.05, 4.69) is 9.47 Å². The number of rotatable bonds is 10. The quantitative estimate of drug-likeness (QED) is 0.160. The Bertz CT molecular complexity index is 725. The predicted molar refractivity (Wildman–Crippen MR) is 118 cm³/mol. The standard InChI is InChI=1S/C21H28F6O8.2CH4/c1-4-19(2,3)18(31)33-6-5-32-15(28)12-7-13(16(29)34-10-20(22,23)24)9-14(8-12)17(30)35-11-21(25,26)27;;/h12-14H,4-11H2,1-3H3;2*1H4. The largest absolute Gasteiger partial charge is 0.462 e. The fourth-order valence-corrected chi connectivity index (χ4v) is 3.17. The molecule has 0 radical (unpaired) electrons. The van der Waals surface area contributed by atoms with Gasteiger partial charge in [-0.05, 0) is 39.5 Å². The number of ether oxygens (including phenoxy) is 4. The minimum Gasteiger partial charge on any atom is -0.462 e. The van der Waals surface area contributed by atoms with Crippen LogP contribution < -0.4 is 0 Å². The van der Waals surface area contributed by atoms with E-state index in [0.717, 1.165) is 0 Å². The second-order valence-electron chi connectivity index (χ2n) is 8.78. The van der Waals surface area contributed by atoms with Crippen LogP contribution in [-0.4, -0.2) is 62.7 Å². The molecule has 218 valence electrons. The summed E-state index contributed by atoms with van der Waals surface area (Å²) >= 11 is 0. The highest BCUT2D eigenvalue weighted by Gasteiger charge is 2.43. The number of halogens is 6. The van der Waals surface area contributed by atoms with E-state index < -0.39 is 79.0 Å². The number of esters is 4. The molecule has 1 saturated carbocycles. The predicted octanol–water partition coefficient (Wildman–Crippen LogP) is 5.02. The minimum absolute atomic E-state index is 0. The van der Waals surface area contributed by atoms with Gasteiger partial charge in [-0.2, -0.15) is 26.3 Å². The van der Waals surface area contributed by atoms with Crippen LogP contribution in [0.15, 0.2) is 0 Å². The van der Waals surface area contributed by atoms with Crippen molar-refractivity contribution in [2.45, 2.75) is 73.7 Å². The zero-order chi connectivity index (χ0) is 27.0. The summed E-state index contributed by atoms with van der Waals surface area (Å²) < 4.78 is 92.5. The Labute approximate surface area is 212 Å². The van der Waals surface area contributed by atoms with Gasteiger partial charge in [0.15, 0.2) is 13.2 Å². The van der Waals surface area contributed by atoms with Crippen molar-refractivity contribution in [3.8, 4) is 0 Å². The zero-order valence-electron chi connectivity index (χ0n) is 19.4. The van der Waals surface area contributed by atoms with E-state index in [1.165, 1.54) is 0 Å². The summed E-state index contributed by atoms with van der Waals surface area (Å²) in [7, 11) is 0. The van der Waals surface area contributed by atoms with Crippen molar-refractivity contribution in [1.29, 1.82) is 0 Å². The SMILES string of the molecule is C.C.CCC(C)(C)C(=O)OCCOC(=O)C1CC(C(=O)OCC(F)(F)F)CC(C(=O)OCC(F)(F)F)C1. The molecule has 0 aromatic heterocycles. The first-order valence-corrected chi connectivity index (χ1v) is 10.8. The van der Waals surface area contributed by atoms with Gasteiger partial charge in [-0.1, -0.05) is 21.8 Å². The van der Waals surface area contributed by atoms with Gasteiger partial charge in [0.25, 0.3) is 0 Å². The van der Waals surface area contributed by atoms with Crippen LogP contribution in [0.3, 0.4) is 0 Å². The van der Waals surface area contributed by atoms with Crippen molar-refractivity contribution >= 4 is 23.9 Å². The first-order chi connectivity index (χ1) is 15.9. The first kappa shape index (κ1) is 36.6. The van der Waals surface area contributed by atoms with E-state index in [-0.39, 0.29) is 40.9 Å². The average Bonchev–Trinajstić information content (AvgIpc) is 2.76. The third-order valence-electron chi connectivity index (χ3n) is 5.46. The maximum absolute atomic E-state index is 12.4. The van der Waals surface area contributed by atoms with Crippen molar-refractivity contribution in [3.63, 3.8) is 0 Å². The van der Waals surface area contributed by atoms with E-state index in [1.807, 2.05) is 0 Å². The van der Waals surface area contributed by atoms with Crippen LogP contribution in [0.25, 0.3) is 0 Å². The van der Waals surface area contributed by atoms with E-state index in [0.29, 0.717) is 6.42 Å². The Hall–Kier alpha value is -2.54. The Morgan fingerprint density at radius 2 is 0.973 bits per heavy atom. The fraction of sp³-hybridized carbons (Fsp3) is 0.826. The highest BCUT2D eigenvalue weighted by molar-refractivity contribution is 5.80. The topological polar surface area (TPSA) is 105 Å². The average molecular weight is 555 g/mol. The molecule has 2 atom stereocenters. The van der Waals surface area contributed by atoms with Crippen LogP contribution >= 0.6 is 0 Å². The van der Waals surface area contributed by atoms with Gasteiger partial charge < -0.3 is 18.9 Å². The molecule has 1 aliphatic rings. The maximum Gasteiger partial charge on any atom is 0.422 e. The monoisotopic (exact) mass is 554 g/mol. The minimum atomic E-state index is -4.82. The first-order valence-electron chi connectivity index (χ1n) is 10.8. The summed E-state index contributed by atoms with van der Waals surface area (Å²) in [4.78, 5) is 48.5. The molecule has 37 heavy (non-hydrogen) atoms. The molecule has 0 saturated heterocycles. The molecule has 1 rings (SSSR count). The Balaban J connectivity index is 0. The molecule has 0 spiro atoms. The summed E-state index contributed by atoms with van der Waals surface area (Å²) in [6.45, 7) is 0.595. The van der Waals surface area contributed by atoms with Crippen molar-refractivity contribution < 1.29 is 64.5 Å². The van der Waals surface area contributed by atoms with Gasteiger partial charge in [0.2, 0.25) is 0 Å². The second kappa shape index (κ2) is 15.0. The molecule has 0 aromatic rings. The lowest BCUT2D eigenvalue weighted by atomic mass is 9.75. The molecule has 1 aliphatic carbocycles. The molecule has 8 nitrogen and oxygen atoms in total. The summed E-state index contributed by atoms with van der Waals surface area (Å²) in [5.41, 5.74) is -0.763. The molecule has 0 amide bonds. The van der Waals surface area contributed by atoms with Gasteiger partial charge in [-0.3, -0.25) is 19.2 Å². The van der Waals surface area contributed by atoms with Crippen molar-refractivity contribution in [2.75, 3.05) is 26.4 Å². The summed E-state index contributed by atoms with van der Waals surface area (Å²) in [6, 6.07) is 0. The Morgan fingerprint density at radius 3 is 1.30 bits per heavy atom. The number of hydrogen-bond acceptors (Lipinski definition) is 8. The van der Waals surface area contributed by atoms with Crippen LogP contribution in [0.4, 0.5) is 26.3 Å². The maximum atomic E-state index is 12.4. The summed E-state index contributed by atoms with van der Waals surface area (Å²) in [5, 5.41) is 0. The molecule has 0 N–H and O–H groups in total. The molecule has 0 heterocycles. The third kappa shape index (κ3) is 13.5. The van der Waals surface area contributed by atoms with Crippen LogP contribution in [0, 0.1) is 23.2 Å². The normalized spacial score (nSPS) is 20.0. The lowest BCUT2D eigenvalue weighted by Crippen LogP contribution is -2.38. The summed E-state index contributed by atoms with van der Waals surface area (Å²) in [5.74, 6) is -8.18. The smallest absolute Gasteiger partial charge is 0.422 e. The number of carbonyl (C=O) groups excluding carboxylic acids is 4. The molecule has 0 aromatic carbocycles. The van der Waals surface area contributed by atoms with Crippen LogP contribution in [0.2, 0.25) is 0 Å². The zero-order valence-corrected chi connectivity index (χ0v) is 19.4. The second-order valence-corrected chi connectivity index (χ2v) is 8.78. The molecule has 0 aliphatic heterocycles. The van der Waals surface area contributed by atoms with Crippen LogP contribution in [-0.2, 0) is 38.1 Å². The van der Waals surface area contributed by atoms with Gasteiger partial charge in [-0.15, -0.1) is 0 Å². The fourth-order valence-electron chi connectivity index (χ4n) is 3.17. The number of carbonyl (C=O) groups is 4. The van der Waals surface area contributed by atoms with Gasteiger partial charge in [0, 0.05) is 0 Å². The molecule has 0 bridgehead atoms. The Kier molecular flexibility index (Phi) is 14.9. The number of alkyl halides is 6. The van der Waals surface area contributed by atoms with Crippen LogP contribution in [0.5, 0.6) is 0 Å². The van der Waals surface area contributed by atoms with Gasteiger partial charge in [0.1, 0.15) is 13.2 Å². The van der Waals surface area contributed by atoms with Gasteiger partial charge in [-0.25, -0.2) is 0 Å². The van der Waals surface area contributed by atoms with Crippen LogP contribution in [0.1, 0.15) is 61.3 Å². The van der Waals surface area contributed by atoms with Gasteiger partial charge in [0.05, 0.1) is 23.2 Å². The van der Waals surface area contributed by atoms with E-state index in [9.17, 15) is 45.5 Å². The number of hydrogen-bond donors (Lipinski definition) is 0. The molecule has 14 heteroatoms. The van der Waals surface area contributed by atoms with E-state index in [4.69, 9.17) is 9.47 Å².